The fraction of sp³-hybridized carbons (Fsp3) is 0.462. The molecular formula is C13H16N2O5S. The Bertz CT molecular complexity index is 537. The molecule has 114 valence electrons. The molecule has 1 fully saturated rings. The Balaban J connectivity index is 1.95. The smallest absolute Gasteiger partial charge is 0.331 e. The number of carbonyl (C=O) groups excluding carboxylic acids is 2. The highest BCUT2D eigenvalue weighted by molar-refractivity contribution is 7.12. The molecule has 21 heavy (non-hydrogen) atoms. The third-order valence-electron chi connectivity index (χ3n) is 3.27. The highest BCUT2D eigenvalue weighted by atomic mass is 32.1. The van der Waals surface area contributed by atoms with Gasteiger partial charge in [0, 0.05) is 20.1 Å². The molecule has 2 heterocycles. The van der Waals surface area contributed by atoms with E-state index in [1.165, 1.54) is 23.3 Å². The molecule has 1 atom stereocenters. The zero-order chi connectivity index (χ0) is 15.5. The van der Waals surface area contributed by atoms with Crippen LogP contribution in [0.25, 0.3) is 0 Å². The molecule has 0 aliphatic carbocycles. The van der Waals surface area contributed by atoms with Crippen molar-refractivity contribution in [3.63, 3.8) is 0 Å². The highest BCUT2D eigenvalue weighted by Crippen LogP contribution is 2.19. The Morgan fingerprint density at radius 2 is 2.29 bits per heavy atom. The van der Waals surface area contributed by atoms with Gasteiger partial charge in [-0.25, -0.2) is 4.79 Å². The molecule has 7 nitrogen and oxygen atoms in total. The Kier molecular flexibility index (Phi) is 4.59. The molecule has 1 saturated heterocycles. The zero-order valence-electron chi connectivity index (χ0n) is 11.5. The van der Waals surface area contributed by atoms with E-state index in [-0.39, 0.29) is 32.1 Å². The van der Waals surface area contributed by atoms with E-state index in [2.05, 4.69) is 5.32 Å². The summed E-state index contributed by atoms with van der Waals surface area (Å²) in [7, 11) is 1.50. The minimum absolute atomic E-state index is 0.0589. The Morgan fingerprint density at radius 3 is 2.81 bits per heavy atom. The van der Waals surface area contributed by atoms with Gasteiger partial charge in [0.1, 0.15) is 0 Å². The topological polar surface area (TPSA) is 95.9 Å². The first-order valence-electron chi connectivity index (χ1n) is 6.36. The van der Waals surface area contributed by atoms with E-state index in [9.17, 15) is 19.5 Å². The maximum Gasteiger partial charge on any atom is 0.331 e. The van der Waals surface area contributed by atoms with Crippen molar-refractivity contribution in [1.82, 2.24) is 10.2 Å². The number of carboxylic acid groups (broad SMARTS) is 1. The van der Waals surface area contributed by atoms with E-state index in [1.54, 1.807) is 17.5 Å². The first-order valence-corrected chi connectivity index (χ1v) is 7.24. The number of amides is 2. The summed E-state index contributed by atoms with van der Waals surface area (Å²) < 4.78 is 5.06. The summed E-state index contributed by atoms with van der Waals surface area (Å²) in [6.07, 6.45) is 0.219. The van der Waals surface area contributed by atoms with E-state index in [0.717, 1.165) is 0 Å². The molecule has 0 saturated carbocycles. The fourth-order valence-electron chi connectivity index (χ4n) is 2.07. The van der Waals surface area contributed by atoms with Crippen LogP contribution in [-0.2, 0) is 14.3 Å². The summed E-state index contributed by atoms with van der Waals surface area (Å²) in [5, 5.41) is 13.5. The summed E-state index contributed by atoms with van der Waals surface area (Å²) in [6.45, 7) is 0.0268. The Hall–Kier alpha value is -1.93. The quantitative estimate of drug-likeness (QED) is 0.808. The van der Waals surface area contributed by atoms with Gasteiger partial charge in [0.2, 0.25) is 5.91 Å². The molecule has 0 radical (unpaired) electrons. The van der Waals surface area contributed by atoms with Crippen LogP contribution in [0.15, 0.2) is 17.5 Å². The van der Waals surface area contributed by atoms with Crippen LogP contribution in [0.2, 0.25) is 0 Å². The second kappa shape index (κ2) is 6.23. The van der Waals surface area contributed by atoms with Crippen molar-refractivity contribution in [1.29, 1.82) is 0 Å². The van der Waals surface area contributed by atoms with Gasteiger partial charge in [-0.1, -0.05) is 6.07 Å². The molecule has 0 spiro atoms. The average Bonchev–Trinajstić information content (AvgIpc) is 3.08. The zero-order valence-corrected chi connectivity index (χ0v) is 12.3. The predicted octanol–water partition coefficient (Wildman–Crippen LogP) is 0.180. The van der Waals surface area contributed by atoms with Crippen molar-refractivity contribution < 1.29 is 24.2 Å². The lowest BCUT2D eigenvalue weighted by atomic mass is 9.99. The minimum atomic E-state index is -1.39. The molecule has 1 aliphatic rings. The van der Waals surface area contributed by atoms with Crippen LogP contribution < -0.4 is 5.32 Å². The second-order valence-electron chi connectivity index (χ2n) is 4.88. The van der Waals surface area contributed by atoms with Crippen LogP contribution in [0, 0.1) is 0 Å². The van der Waals surface area contributed by atoms with Crippen LogP contribution in [0.5, 0.6) is 0 Å². The second-order valence-corrected chi connectivity index (χ2v) is 5.82. The average molecular weight is 312 g/mol. The number of carboxylic acids is 1. The monoisotopic (exact) mass is 312 g/mol. The van der Waals surface area contributed by atoms with Gasteiger partial charge < -0.3 is 20.1 Å². The van der Waals surface area contributed by atoms with Gasteiger partial charge in [0.15, 0.2) is 5.54 Å². The number of hydrogen-bond donors (Lipinski definition) is 2. The number of carbonyl (C=O) groups is 3. The third kappa shape index (κ3) is 3.40. The predicted molar refractivity (Wildman–Crippen MR) is 75.2 cm³/mol. The minimum Gasteiger partial charge on any atom is -0.479 e. The number of likely N-dealkylation sites (N-methyl/N-ethyl adjacent to an activating group) is 1. The number of aliphatic carboxylic acids is 1. The molecule has 1 aromatic heterocycles. The lowest BCUT2D eigenvalue weighted by molar-refractivity contribution is -0.147. The number of nitrogens with one attached hydrogen (secondary N) is 1. The van der Waals surface area contributed by atoms with Gasteiger partial charge in [-0.15, -0.1) is 11.3 Å². The number of thiophene rings is 1. The molecule has 0 bridgehead atoms. The van der Waals surface area contributed by atoms with Gasteiger partial charge in [-0.3, -0.25) is 9.59 Å². The standard InChI is InChI=1S/C13H16N2O5S/c1-15(11(17)9-3-2-6-21-9)7-10(16)14-13(12(18)19)4-5-20-8-13/h2-3,6H,4-5,7-8H2,1H3,(H,14,16)(H,18,19). The summed E-state index contributed by atoms with van der Waals surface area (Å²) >= 11 is 1.29. The molecule has 2 amide bonds. The van der Waals surface area contributed by atoms with Gasteiger partial charge in [0.05, 0.1) is 18.0 Å². The molecule has 1 aromatic rings. The van der Waals surface area contributed by atoms with Gasteiger partial charge in [-0.2, -0.15) is 0 Å². The van der Waals surface area contributed by atoms with Crippen molar-refractivity contribution in [2.45, 2.75) is 12.0 Å². The van der Waals surface area contributed by atoms with Crippen molar-refractivity contribution >= 4 is 29.1 Å². The van der Waals surface area contributed by atoms with Crippen LogP contribution in [0.4, 0.5) is 0 Å². The van der Waals surface area contributed by atoms with Gasteiger partial charge >= 0.3 is 5.97 Å². The molecule has 0 aromatic carbocycles. The van der Waals surface area contributed by atoms with E-state index in [1.807, 2.05) is 0 Å². The highest BCUT2D eigenvalue weighted by Gasteiger charge is 2.44. The first-order chi connectivity index (χ1) is 9.94. The summed E-state index contributed by atoms with van der Waals surface area (Å²) in [4.78, 5) is 37.1. The van der Waals surface area contributed by atoms with Crippen LogP contribution in [0.3, 0.4) is 0 Å². The Labute approximate surface area is 125 Å². The normalized spacial score (nSPS) is 21.0. The van der Waals surface area contributed by atoms with E-state index < -0.39 is 17.4 Å². The first kappa shape index (κ1) is 15.5. The summed E-state index contributed by atoms with van der Waals surface area (Å²) in [6, 6.07) is 3.42. The fourth-order valence-corrected chi connectivity index (χ4v) is 2.79. The van der Waals surface area contributed by atoms with Crippen LogP contribution >= 0.6 is 11.3 Å². The van der Waals surface area contributed by atoms with E-state index in [4.69, 9.17) is 4.74 Å². The third-order valence-corrected chi connectivity index (χ3v) is 4.13. The number of hydrogen-bond acceptors (Lipinski definition) is 5. The van der Waals surface area contributed by atoms with Crippen molar-refractivity contribution in [2.75, 3.05) is 26.8 Å². The molecule has 8 heteroatoms. The Morgan fingerprint density at radius 1 is 1.52 bits per heavy atom. The molecule has 1 aliphatic heterocycles. The summed E-state index contributed by atoms with van der Waals surface area (Å²) in [5.41, 5.74) is -1.39. The maximum atomic E-state index is 12.0. The van der Waals surface area contributed by atoms with Crippen molar-refractivity contribution in [3.05, 3.63) is 22.4 Å². The number of nitrogens with zero attached hydrogens (tertiary/aromatic N) is 1. The number of ether oxygens (including phenoxy) is 1. The largest absolute Gasteiger partial charge is 0.479 e. The van der Waals surface area contributed by atoms with Crippen molar-refractivity contribution in [2.24, 2.45) is 0 Å². The maximum absolute atomic E-state index is 12.0. The summed E-state index contributed by atoms with van der Waals surface area (Å²) in [5.74, 6) is -1.91. The van der Waals surface area contributed by atoms with Crippen LogP contribution in [0.1, 0.15) is 16.1 Å². The molecule has 2 rings (SSSR count). The molecule has 1 unspecified atom stereocenters. The molecular weight excluding hydrogens is 296 g/mol. The molecule has 2 N–H and O–H groups in total. The van der Waals surface area contributed by atoms with E-state index in [0.29, 0.717) is 4.88 Å². The lowest BCUT2D eigenvalue weighted by Crippen LogP contribution is -2.57. The van der Waals surface area contributed by atoms with Gasteiger partial charge in [-0.05, 0) is 11.4 Å². The van der Waals surface area contributed by atoms with Crippen LogP contribution in [-0.4, -0.2) is 60.1 Å². The van der Waals surface area contributed by atoms with E-state index >= 15 is 0 Å². The lowest BCUT2D eigenvalue weighted by Gasteiger charge is -2.25. The van der Waals surface area contributed by atoms with Crippen molar-refractivity contribution in [3.8, 4) is 0 Å². The number of rotatable bonds is 5. The van der Waals surface area contributed by atoms with Gasteiger partial charge in [0.25, 0.3) is 5.91 Å². The SMILES string of the molecule is CN(CC(=O)NC1(C(=O)O)CCOC1)C(=O)c1cccs1.